The number of carbonyl (C=O) groups excluding carboxylic acids is 1. The monoisotopic (exact) mass is 365 g/mol. The van der Waals surface area contributed by atoms with Crippen molar-refractivity contribution in [1.29, 1.82) is 0 Å². The Balaban J connectivity index is 1.84. The van der Waals surface area contributed by atoms with Gasteiger partial charge in [-0.2, -0.15) is 0 Å². The van der Waals surface area contributed by atoms with Crippen molar-refractivity contribution in [2.75, 3.05) is 17.7 Å². The molecule has 2 heterocycles. The third-order valence-corrected chi connectivity index (χ3v) is 5.32. The topological polar surface area (TPSA) is 76.4 Å². The van der Waals surface area contributed by atoms with E-state index < -0.39 is 0 Å². The van der Waals surface area contributed by atoms with Crippen molar-refractivity contribution in [2.24, 2.45) is 0 Å². The lowest BCUT2D eigenvalue weighted by Crippen LogP contribution is -2.20. The van der Waals surface area contributed by atoms with E-state index in [1.165, 1.54) is 18.4 Å². The Labute approximate surface area is 149 Å². The first-order chi connectivity index (χ1) is 11.6. The highest BCUT2D eigenvalue weighted by Gasteiger charge is 2.25. The van der Waals surface area contributed by atoms with Gasteiger partial charge in [0, 0.05) is 10.9 Å². The van der Waals surface area contributed by atoms with Gasteiger partial charge in [-0.25, -0.2) is 4.79 Å². The van der Waals surface area contributed by atoms with Crippen LogP contribution in [0.2, 0.25) is 0 Å². The highest BCUT2D eigenvalue weighted by Crippen LogP contribution is 2.38. The van der Waals surface area contributed by atoms with Crippen molar-refractivity contribution < 1.29 is 14.1 Å². The number of thiocarbonyl (C=S) groups is 1. The molecule has 6 nitrogen and oxygen atoms in total. The summed E-state index contributed by atoms with van der Waals surface area (Å²) in [6.45, 7) is 1.81. The minimum absolute atomic E-state index is 0.322. The number of fused-ring (bicyclic) bond motifs is 1. The van der Waals surface area contributed by atoms with Crippen LogP contribution in [0.15, 0.2) is 10.6 Å². The van der Waals surface area contributed by atoms with E-state index in [0.29, 0.717) is 22.3 Å². The molecular weight excluding hydrogens is 346 g/mol. The van der Waals surface area contributed by atoms with Crippen molar-refractivity contribution in [2.45, 2.75) is 39.0 Å². The number of anilines is 2. The van der Waals surface area contributed by atoms with Gasteiger partial charge in [-0.3, -0.25) is 0 Å². The Morgan fingerprint density at radius 3 is 2.83 bits per heavy atom. The van der Waals surface area contributed by atoms with Crippen molar-refractivity contribution >= 4 is 45.5 Å². The fraction of sp³-hybridized carbons (Fsp3) is 0.438. The molecule has 2 N–H and O–H groups in total. The van der Waals surface area contributed by atoms with Crippen LogP contribution in [0.4, 0.5) is 10.8 Å². The van der Waals surface area contributed by atoms with Gasteiger partial charge in [0.15, 0.2) is 10.9 Å². The Kier molecular flexibility index (Phi) is 5.15. The molecule has 0 amide bonds. The van der Waals surface area contributed by atoms with Crippen molar-refractivity contribution in [3.8, 4) is 0 Å². The molecule has 8 heteroatoms. The third kappa shape index (κ3) is 3.59. The van der Waals surface area contributed by atoms with E-state index in [1.54, 1.807) is 24.3 Å². The molecule has 2 aromatic heterocycles. The minimum Gasteiger partial charge on any atom is -0.465 e. The number of aromatic nitrogens is 1. The molecule has 0 saturated carbocycles. The summed E-state index contributed by atoms with van der Waals surface area (Å²) >= 11 is 6.91. The Morgan fingerprint density at radius 2 is 2.12 bits per heavy atom. The Hall–Kier alpha value is -1.93. The highest BCUT2D eigenvalue weighted by molar-refractivity contribution is 7.80. The standard InChI is InChI=1S/C16H19N3O3S2/c1-9-8-12(19-22-9)17-16(23)18-14-13(15(20)21-2)10-6-4-3-5-7-11(10)24-14/h8H,3-7H2,1-2H3,(H2,17,18,19,23). The molecule has 0 atom stereocenters. The number of ether oxygens (including phenoxy) is 1. The number of esters is 1. The van der Waals surface area contributed by atoms with Crippen LogP contribution >= 0.6 is 23.6 Å². The molecule has 0 fully saturated rings. The SMILES string of the molecule is COC(=O)c1c(NC(=S)Nc2cc(C)on2)sc2c1CCCCC2. The minimum atomic E-state index is -0.322. The van der Waals surface area contributed by atoms with E-state index >= 15 is 0 Å². The average molecular weight is 365 g/mol. The number of carbonyl (C=O) groups is 1. The maximum atomic E-state index is 12.3. The van der Waals surface area contributed by atoms with E-state index in [1.807, 2.05) is 0 Å². The van der Waals surface area contributed by atoms with Gasteiger partial charge in [-0.1, -0.05) is 11.6 Å². The number of aryl methyl sites for hydroxylation is 2. The predicted octanol–water partition coefficient (Wildman–Crippen LogP) is 3.91. The number of nitrogens with one attached hydrogen (secondary N) is 2. The van der Waals surface area contributed by atoms with E-state index in [2.05, 4.69) is 15.8 Å². The highest BCUT2D eigenvalue weighted by atomic mass is 32.1. The molecule has 3 rings (SSSR count). The van der Waals surface area contributed by atoms with Crippen LogP contribution in [-0.2, 0) is 17.6 Å². The van der Waals surface area contributed by atoms with Crippen LogP contribution < -0.4 is 10.6 Å². The number of thiophene rings is 1. The quantitative estimate of drug-likeness (QED) is 0.485. The van der Waals surface area contributed by atoms with Crippen LogP contribution in [0.5, 0.6) is 0 Å². The molecule has 0 spiro atoms. The summed E-state index contributed by atoms with van der Waals surface area (Å²) in [7, 11) is 1.40. The zero-order chi connectivity index (χ0) is 17.1. The molecule has 1 aliphatic rings. The molecule has 0 bridgehead atoms. The van der Waals surface area contributed by atoms with Crippen molar-refractivity contribution in [1.82, 2.24) is 5.16 Å². The molecule has 0 aromatic carbocycles. The van der Waals surface area contributed by atoms with E-state index in [9.17, 15) is 4.79 Å². The maximum Gasteiger partial charge on any atom is 0.341 e. The Morgan fingerprint density at radius 1 is 1.33 bits per heavy atom. The van der Waals surface area contributed by atoms with Gasteiger partial charge < -0.3 is 19.9 Å². The van der Waals surface area contributed by atoms with Crippen LogP contribution in [0.3, 0.4) is 0 Å². The molecule has 128 valence electrons. The largest absolute Gasteiger partial charge is 0.465 e. The number of rotatable bonds is 3. The fourth-order valence-electron chi connectivity index (χ4n) is 2.82. The van der Waals surface area contributed by atoms with E-state index in [4.69, 9.17) is 21.5 Å². The van der Waals surface area contributed by atoms with Crippen LogP contribution in [0.25, 0.3) is 0 Å². The molecule has 0 aliphatic heterocycles. The normalized spacial score (nSPS) is 13.8. The number of methoxy groups -OCH3 is 1. The van der Waals surface area contributed by atoms with Gasteiger partial charge in [-0.15, -0.1) is 11.3 Å². The van der Waals surface area contributed by atoms with Crippen molar-refractivity contribution in [3.63, 3.8) is 0 Å². The molecule has 0 saturated heterocycles. The molecule has 24 heavy (non-hydrogen) atoms. The van der Waals surface area contributed by atoms with E-state index in [0.717, 1.165) is 36.2 Å². The first-order valence-corrected chi connectivity index (χ1v) is 9.05. The summed E-state index contributed by atoms with van der Waals surface area (Å²) in [5.74, 6) is 0.901. The second kappa shape index (κ2) is 7.31. The smallest absolute Gasteiger partial charge is 0.341 e. The summed E-state index contributed by atoms with van der Waals surface area (Å²) in [5.41, 5.74) is 1.71. The summed E-state index contributed by atoms with van der Waals surface area (Å²) in [6.07, 6.45) is 5.33. The molecule has 2 aromatic rings. The van der Waals surface area contributed by atoms with Crippen LogP contribution in [-0.4, -0.2) is 23.3 Å². The third-order valence-electron chi connectivity index (χ3n) is 3.91. The first-order valence-electron chi connectivity index (χ1n) is 7.82. The van der Waals surface area contributed by atoms with Gasteiger partial charge in [0.2, 0.25) is 0 Å². The molecule has 1 aliphatic carbocycles. The van der Waals surface area contributed by atoms with E-state index in [-0.39, 0.29) is 5.97 Å². The first kappa shape index (κ1) is 16.9. The van der Waals surface area contributed by atoms with Gasteiger partial charge in [0.25, 0.3) is 0 Å². The zero-order valence-corrected chi connectivity index (χ0v) is 15.2. The number of hydrogen-bond donors (Lipinski definition) is 2. The summed E-state index contributed by atoms with van der Waals surface area (Å²) < 4.78 is 9.99. The van der Waals surface area contributed by atoms with Gasteiger partial charge in [-0.05, 0) is 50.4 Å². The maximum absolute atomic E-state index is 12.3. The van der Waals surface area contributed by atoms with Crippen LogP contribution in [0, 0.1) is 6.92 Å². The molecular formula is C16H19N3O3S2. The summed E-state index contributed by atoms with van der Waals surface area (Å²) in [4.78, 5) is 13.5. The zero-order valence-electron chi connectivity index (χ0n) is 13.6. The lowest BCUT2D eigenvalue weighted by atomic mass is 10.1. The number of nitrogens with zero attached hydrogens (tertiary/aromatic N) is 1. The fourth-order valence-corrected chi connectivity index (χ4v) is 4.38. The second-order valence-electron chi connectivity index (χ2n) is 5.66. The average Bonchev–Trinajstić information content (AvgIpc) is 3.02. The lowest BCUT2D eigenvalue weighted by Gasteiger charge is -2.09. The molecule has 0 unspecified atom stereocenters. The summed E-state index contributed by atoms with van der Waals surface area (Å²) in [5, 5.41) is 11.0. The Bertz CT molecular complexity index is 767. The van der Waals surface area contributed by atoms with Crippen LogP contribution in [0.1, 0.15) is 45.8 Å². The van der Waals surface area contributed by atoms with Gasteiger partial charge >= 0.3 is 5.97 Å². The number of hydrogen-bond acceptors (Lipinski definition) is 6. The van der Waals surface area contributed by atoms with Gasteiger partial charge in [0.1, 0.15) is 10.8 Å². The lowest BCUT2D eigenvalue weighted by molar-refractivity contribution is 0.0601. The van der Waals surface area contributed by atoms with Crippen molar-refractivity contribution in [3.05, 3.63) is 27.8 Å². The predicted molar refractivity (Wildman–Crippen MR) is 98.0 cm³/mol. The van der Waals surface area contributed by atoms with Gasteiger partial charge in [0.05, 0.1) is 12.7 Å². The second-order valence-corrected chi connectivity index (χ2v) is 7.18. The molecule has 0 radical (unpaired) electrons. The summed E-state index contributed by atoms with van der Waals surface area (Å²) in [6, 6.07) is 1.75.